The van der Waals surface area contributed by atoms with Crippen molar-refractivity contribution in [3.63, 3.8) is 0 Å². The second kappa shape index (κ2) is 7.96. The minimum atomic E-state index is -0.819. The standard InChI is InChI=1S/C30H40O4/c1-7-33-27(32)34-26-19(3)20-8-9-25-29(5,22(20)17-24(26)31)13-11-21-23-16-18(2)10-12-28(23,4)14-15-30(21,25)6/h8-9,17-18,21,23H,7,10-16H2,1-6H3. The minimum Gasteiger partial charge on any atom is -0.434 e. The third-order valence-electron chi connectivity index (χ3n) is 10.4. The van der Waals surface area contributed by atoms with Crippen LogP contribution in [0.4, 0.5) is 4.79 Å². The van der Waals surface area contributed by atoms with E-state index in [0.717, 1.165) is 35.0 Å². The Labute approximate surface area is 204 Å². The molecule has 0 amide bonds. The van der Waals surface area contributed by atoms with E-state index < -0.39 is 6.16 Å². The molecule has 3 fully saturated rings. The molecule has 4 heteroatoms. The van der Waals surface area contributed by atoms with Crippen LogP contribution in [0, 0.1) is 34.0 Å². The van der Waals surface area contributed by atoms with Crippen molar-refractivity contribution in [2.45, 2.75) is 86.5 Å². The molecule has 6 unspecified atom stereocenters. The minimum absolute atomic E-state index is 0.0958. The van der Waals surface area contributed by atoms with E-state index in [2.05, 4.69) is 39.8 Å². The number of rotatable bonds is 2. The molecule has 0 radical (unpaired) electrons. The highest BCUT2D eigenvalue weighted by atomic mass is 16.7. The van der Waals surface area contributed by atoms with Gasteiger partial charge in [0.05, 0.1) is 6.61 Å². The molecule has 0 N–H and O–H groups in total. The lowest BCUT2D eigenvalue weighted by molar-refractivity contribution is -0.114. The molecule has 0 aromatic carbocycles. The molecule has 0 bridgehead atoms. The summed E-state index contributed by atoms with van der Waals surface area (Å²) in [4.78, 5) is 25.1. The maximum atomic E-state index is 13.1. The zero-order valence-electron chi connectivity index (χ0n) is 21.8. The monoisotopic (exact) mass is 464 g/mol. The summed E-state index contributed by atoms with van der Waals surface area (Å²) >= 11 is 0. The SMILES string of the molecule is CCOC(=O)OC1=C(C)C2=CC=C3C(C)(CCC4C5CC(C)CCC5(C)CCC34C)C2=CC1=O. The van der Waals surface area contributed by atoms with E-state index in [-0.39, 0.29) is 29.0 Å². The first-order valence-electron chi connectivity index (χ1n) is 13.3. The summed E-state index contributed by atoms with van der Waals surface area (Å²) in [6, 6.07) is 0. The predicted octanol–water partition coefficient (Wildman–Crippen LogP) is 7.47. The van der Waals surface area contributed by atoms with Crippen LogP contribution in [0.15, 0.2) is 46.3 Å². The summed E-state index contributed by atoms with van der Waals surface area (Å²) in [6.07, 6.45) is 14.4. The first-order valence-corrected chi connectivity index (χ1v) is 13.3. The Balaban J connectivity index is 1.54. The van der Waals surface area contributed by atoms with E-state index in [1.807, 2.05) is 6.92 Å². The van der Waals surface area contributed by atoms with Crippen molar-refractivity contribution in [3.8, 4) is 0 Å². The van der Waals surface area contributed by atoms with Crippen molar-refractivity contribution in [2.75, 3.05) is 6.61 Å². The van der Waals surface area contributed by atoms with Crippen LogP contribution >= 0.6 is 0 Å². The van der Waals surface area contributed by atoms with Gasteiger partial charge in [-0.05, 0) is 98.2 Å². The Morgan fingerprint density at radius 1 is 1.06 bits per heavy atom. The third-order valence-corrected chi connectivity index (χ3v) is 10.4. The van der Waals surface area contributed by atoms with Gasteiger partial charge in [-0.15, -0.1) is 0 Å². The van der Waals surface area contributed by atoms with E-state index in [4.69, 9.17) is 9.47 Å². The second-order valence-electron chi connectivity index (χ2n) is 12.4. The highest BCUT2D eigenvalue weighted by Gasteiger charge is 2.60. The van der Waals surface area contributed by atoms with E-state index in [9.17, 15) is 9.59 Å². The van der Waals surface area contributed by atoms with Gasteiger partial charge >= 0.3 is 6.16 Å². The van der Waals surface area contributed by atoms with Crippen LogP contribution < -0.4 is 0 Å². The molecule has 0 spiro atoms. The zero-order valence-corrected chi connectivity index (χ0v) is 21.8. The van der Waals surface area contributed by atoms with Gasteiger partial charge in [0.25, 0.3) is 0 Å². The molecule has 5 rings (SSSR count). The summed E-state index contributed by atoms with van der Waals surface area (Å²) in [5.74, 6) is 2.19. The van der Waals surface area contributed by atoms with Crippen LogP contribution in [-0.2, 0) is 14.3 Å². The quantitative estimate of drug-likeness (QED) is 0.398. The topological polar surface area (TPSA) is 52.6 Å². The molecule has 6 atom stereocenters. The van der Waals surface area contributed by atoms with Crippen LogP contribution in [0.5, 0.6) is 0 Å². The fraction of sp³-hybridized carbons (Fsp3) is 0.667. The van der Waals surface area contributed by atoms with Crippen molar-refractivity contribution in [2.24, 2.45) is 34.0 Å². The van der Waals surface area contributed by atoms with Crippen molar-refractivity contribution in [1.29, 1.82) is 0 Å². The summed E-state index contributed by atoms with van der Waals surface area (Å²) in [6.45, 7) is 13.7. The lowest BCUT2D eigenvalue weighted by atomic mass is 9.40. The van der Waals surface area contributed by atoms with Crippen molar-refractivity contribution < 1.29 is 19.1 Å². The van der Waals surface area contributed by atoms with Gasteiger partial charge in [-0.1, -0.05) is 51.8 Å². The maximum absolute atomic E-state index is 13.1. The number of carbonyl (C=O) groups excluding carboxylic acids is 2. The van der Waals surface area contributed by atoms with Crippen molar-refractivity contribution >= 4 is 11.9 Å². The van der Waals surface area contributed by atoms with Gasteiger partial charge in [0.1, 0.15) is 0 Å². The molecule has 5 aliphatic carbocycles. The Kier molecular flexibility index (Phi) is 5.53. The lowest BCUT2D eigenvalue weighted by Gasteiger charge is -2.64. The molecule has 3 saturated carbocycles. The second-order valence-corrected chi connectivity index (χ2v) is 12.4. The average Bonchev–Trinajstić information content (AvgIpc) is 2.78. The fourth-order valence-electron chi connectivity index (χ4n) is 8.43. The first-order chi connectivity index (χ1) is 16.0. The van der Waals surface area contributed by atoms with E-state index >= 15 is 0 Å². The smallest absolute Gasteiger partial charge is 0.434 e. The summed E-state index contributed by atoms with van der Waals surface area (Å²) < 4.78 is 10.2. The number of allylic oxidation sites excluding steroid dienone is 7. The largest absolute Gasteiger partial charge is 0.513 e. The maximum Gasteiger partial charge on any atom is 0.513 e. The Hall–Kier alpha value is -2.10. The molecule has 5 aliphatic rings. The van der Waals surface area contributed by atoms with Crippen LogP contribution in [0.1, 0.15) is 86.5 Å². The fourth-order valence-corrected chi connectivity index (χ4v) is 8.43. The molecule has 0 heterocycles. The zero-order chi connectivity index (χ0) is 24.5. The van der Waals surface area contributed by atoms with Gasteiger partial charge in [-0.25, -0.2) is 4.79 Å². The van der Waals surface area contributed by atoms with Gasteiger partial charge in [-0.3, -0.25) is 4.79 Å². The first kappa shape index (κ1) is 23.6. The van der Waals surface area contributed by atoms with Gasteiger partial charge in [0.2, 0.25) is 5.78 Å². The molecule has 0 aliphatic heterocycles. The molecule has 184 valence electrons. The van der Waals surface area contributed by atoms with E-state index in [1.54, 1.807) is 13.0 Å². The molecule has 0 aromatic heterocycles. The lowest BCUT2D eigenvalue weighted by Crippen LogP contribution is -2.55. The number of carbonyl (C=O) groups is 2. The average molecular weight is 465 g/mol. The number of ether oxygens (including phenoxy) is 2. The number of hydrogen-bond acceptors (Lipinski definition) is 4. The van der Waals surface area contributed by atoms with Crippen molar-refractivity contribution in [3.05, 3.63) is 46.3 Å². The number of fused-ring (bicyclic) bond motifs is 7. The highest BCUT2D eigenvalue weighted by Crippen LogP contribution is 2.69. The van der Waals surface area contributed by atoms with Gasteiger partial charge in [0, 0.05) is 11.0 Å². The third kappa shape index (κ3) is 3.31. The van der Waals surface area contributed by atoms with E-state index in [1.165, 1.54) is 44.1 Å². The normalized spacial score (nSPS) is 41.2. The van der Waals surface area contributed by atoms with Crippen LogP contribution in [0.2, 0.25) is 0 Å². The highest BCUT2D eigenvalue weighted by molar-refractivity contribution is 6.08. The molecular weight excluding hydrogens is 424 g/mol. The Bertz CT molecular complexity index is 1060. The molecule has 0 saturated heterocycles. The summed E-state index contributed by atoms with van der Waals surface area (Å²) in [7, 11) is 0. The van der Waals surface area contributed by atoms with Gasteiger partial charge in [0.15, 0.2) is 5.76 Å². The van der Waals surface area contributed by atoms with Crippen LogP contribution in [0.3, 0.4) is 0 Å². The Morgan fingerprint density at radius 3 is 2.56 bits per heavy atom. The molecular formula is C30H40O4. The predicted molar refractivity (Wildman–Crippen MR) is 133 cm³/mol. The Morgan fingerprint density at radius 2 is 1.82 bits per heavy atom. The van der Waals surface area contributed by atoms with Crippen LogP contribution in [0.25, 0.3) is 0 Å². The van der Waals surface area contributed by atoms with Crippen LogP contribution in [-0.4, -0.2) is 18.5 Å². The number of hydrogen-bond donors (Lipinski definition) is 0. The van der Waals surface area contributed by atoms with E-state index in [0.29, 0.717) is 11.3 Å². The summed E-state index contributed by atoms with van der Waals surface area (Å²) in [5.41, 5.74) is 4.88. The van der Waals surface area contributed by atoms with Gasteiger partial charge in [-0.2, -0.15) is 0 Å². The number of ketones is 1. The molecule has 0 aromatic rings. The van der Waals surface area contributed by atoms with Crippen molar-refractivity contribution in [1.82, 2.24) is 0 Å². The molecule has 4 nitrogen and oxygen atoms in total. The molecule has 34 heavy (non-hydrogen) atoms. The van der Waals surface area contributed by atoms with Gasteiger partial charge < -0.3 is 9.47 Å². The summed E-state index contributed by atoms with van der Waals surface area (Å²) in [5, 5.41) is 0.